The van der Waals surface area contributed by atoms with Gasteiger partial charge in [0.25, 0.3) is 0 Å². The highest BCUT2D eigenvalue weighted by Gasteiger charge is 2.16. The summed E-state index contributed by atoms with van der Waals surface area (Å²) in [4.78, 5) is 4.67. The molecular formula is C17H28N2O. The molecule has 0 aliphatic carbocycles. The van der Waals surface area contributed by atoms with Crippen molar-refractivity contribution in [2.45, 2.75) is 39.2 Å². The molecule has 1 N–H and O–H groups in total. The van der Waals surface area contributed by atoms with E-state index in [1.807, 2.05) is 0 Å². The van der Waals surface area contributed by atoms with Gasteiger partial charge < -0.3 is 14.9 Å². The van der Waals surface area contributed by atoms with E-state index in [1.165, 1.54) is 17.7 Å². The van der Waals surface area contributed by atoms with Gasteiger partial charge in [0.15, 0.2) is 0 Å². The summed E-state index contributed by atoms with van der Waals surface area (Å²) in [5.74, 6) is 0. The predicted molar refractivity (Wildman–Crippen MR) is 85.4 cm³/mol. The first-order valence-corrected chi connectivity index (χ1v) is 7.90. The van der Waals surface area contributed by atoms with Gasteiger partial charge in [-0.2, -0.15) is 0 Å². The molecule has 1 unspecified atom stereocenters. The first kappa shape index (κ1) is 15.3. The molecule has 0 aromatic heterocycles. The summed E-state index contributed by atoms with van der Waals surface area (Å²) in [7, 11) is 2.15. The summed E-state index contributed by atoms with van der Waals surface area (Å²) < 4.78 is 0. The maximum atomic E-state index is 10.4. The first-order chi connectivity index (χ1) is 9.65. The SMILES string of the molecule is CCN(CC)CCC(O)c1ccc2c(c1)CCCN2C. The van der Waals surface area contributed by atoms with Gasteiger partial charge in [-0.05, 0) is 49.5 Å². The maximum absolute atomic E-state index is 10.4. The Labute approximate surface area is 123 Å². The van der Waals surface area contributed by atoms with Crippen molar-refractivity contribution in [3.63, 3.8) is 0 Å². The van der Waals surface area contributed by atoms with Crippen molar-refractivity contribution in [1.82, 2.24) is 4.90 Å². The summed E-state index contributed by atoms with van der Waals surface area (Å²) in [5.41, 5.74) is 3.79. The maximum Gasteiger partial charge on any atom is 0.0802 e. The summed E-state index contributed by atoms with van der Waals surface area (Å²) in [5, 5.41) is 10.4. The summed E-state index contributed by atoms with van der Waals surface area (Å²) in [6, 6.07) is 6.47. The van der Waals surface area contributed by atoms with Gasteiger partial charge in [-0.15, -0.1) is 0 Å². The molecule has 20 heavy (non-hydrogen) atoms. The van der Waals surface area contributed by atoms with Gasteiger partial charge in [-0.25, -0.2) is 0 Å². The van der Waals surface area contributed by atoms with E-state index < -0.39 is 0 Å². The number of nitrogens with zero attached hydrogens (tertiary/aromatic N) is 2. The molecule has 1 aromatic carbocycles. The number of aliphatic hydroxyl groups is 1. The number of anilines is 1. The van der Waals surface area contributed by atoms with Crippen LogP contribution in [0.5, 0.6) is 0 Å². The fourth-order valence-corrected chi connectivity index (χ4v) is 3.02. The highest BCUT2D eigenvalue weighted by atomic mass is 16.3. The number of fused-ring (bicyclic) bond motifs is 1. The lowest BCUT2D eigenvalue weighted by molar-refractivity contribution is 0.145. The molecule has 0 spiro atoms. The molecule has 1 atom stereocenters. The number of hydrogen-bond acceptors (Lipinski definition) is 3. The number of benzene rings is 1. The van der Waals surface area contributed by atoms with Crippen molar-refractivity contribution in [1.29, 1.82) is 0 Å². The molecule has 1 aliphatic rings. The van der Waals surface area contributed by atoms with E-state index in [0.29, 0.717) is 0 Å². The van der Waals surface area contributed by atoms with E-state index in [2.05, 4.69) is 48.9 Å². The molecule has 0 fully saturated rings. The zero-order chi connectivity index (χ0) is 14.5. The van der Waals surface area contributed by atoms with E-state index in [9.17, 15) is 5.11 Å². The largest absolute Gasteiger partial charge is 0.388 e. The van der Waals surface area contributed by atoms with Gasteiger partial charge in [0.1, 0.15) is 0 Å². The van der Waals surface area contributed by atoms with E-state index in [-0.39, 0.29) is 6.10 Å². The molecule has 0 saturated heterocycles. The third kappa shape index (κ3) is 3.53. The Balaban J connectivity index is 2.02. The van der Waals surface area contributed by atoms with Gasteiger partial charge in [0.05, 0.1) is 6.10 Å². The highest BCUT2D eigenvalue weighted by molar-refractivity contribution is 5.56. The first-order valence-electron chi connectivity index (χ1n) is 7.90. The van der Waals surface area contributed by atoms with Crippen LogP contribution in [0, 0.1) is 0 Å². The monoisotopic (exact) mass is 276 g/mol. The van der Waals surface area contributed by atoms with Crippen molar-refractivity contribution >= 4 is 5.69 Å². The molecular weight excluding hydrogens is 248 g/mol. The normalized spacial score (nSPS) is 16.4. The van der Waals surface area contributed by atoms with Gasteiger partial charge in [0.2, 0.25) is 0 Å². The Kier molecular flexibility index (Phi) is 5.44. The van der Waals surface area contributed by atoms with Crippen LogP contribution in [0.25, 0.3) is 0 Å². The lowest BCUT2D eigenvalue weighted by Gasteiger charge is -2.28. The Morgan fingerprint density at radius 1 is 1.30 bits per heavy atom. The van der Waals surface area contributed by atoms with Crippen molar-refractivity contribution < 1.29 is 5.11 Å². The average Bonchev–Trinajstić information content (AvgIpc) is 2.48. The van der Waals surface area contributed by atoms with Crippen molar-refractivity contribution in [3.05, 3.63) is 29.3 Å². The second kappa shape index (κ2) is 7.09. The minimum absolute atomic E-state index is 0.340. The Hall–Kier alpha value is -1.06. The van der Waals surface area contributed by atoms with E-state index in [0.717, 1.165) is 44.6 Å². The summed E-state index contributed by atoms with van der Waals surface area (Å²) >= 11 is 0. The second-order valence-corrected chi connectivity index (χ2v) is 5.74. The van der Waals surface area contributed by atoms with E-state index in [4.69, 9.17) is 0 Å². The molecule has 2 rings (SSSR count). The van der Waals surface area contributed by atoms with Gasteiger partial charge in [-0.3, -0.25) is 0 Å². The van der Waals surface area contributed by atoms with Crippen LogP contribution >= 0.6 is 0 Å². The molecule has 1 aliphatic heterocycles. The Morgan fingerprint density at radius 3 is 2.75 bits per heavy atom. The zero-order valence-corrected chi connectivity index (χ0v) is 13.1. The Morgan fingerprint density at radius 2 is 2.05 bits per heavy atom. The van der Waals surface area contributed by atoms with Crippen LogP contribution < -0.4 is 4.90 Å². The molecule has 112 valence electrons. The van der Waals surface area contributed by atoms with Crippen LogP contribution in [-0.2, 0) is 6.42 Å². The van der Waals surface area contributed by atoms with Gasteiger partial charge in [0, 0.05) is 25.8 Å². The van der Waals surface area contributed by atoms with Crippen molar-refractivity contribution in [2.75, 3.05) is 38.1 Å². The quantitative estimate of drug-likeness (QED) is 0.865. The van der Waals surface area contributed by atoms with Crippen LogP contribution in [0.2, 0.25) is 0 Å². The zero-order valence-electron chi connectivity index (χ0n) is 13.1. The topological polar surface area (TPSA) is 26.7 Å². The molecule has 1 heterocycles. The van der Waals surface area contributed by atoms with Gasteiger partial charge in [-0.1, -0.05) is 26.0 Å². The Bertz CT molecular complexity index is 429. The average molecular weight is 276 g/mol. The van der Waals surface area contributed by atoms with Crippen LogP contribution in [0.1, 0.15) is 43.9 Å². The summed E-state index contributed by atoms with van der Waals surface area (Å²) in [6.45, 7) is 8.55. The molecule has 3 nitrogen and oxygen atoms in total. The third-order valence-electron chi connectivity index (χ3n) is 4.45. The van der Waals surface area contributed by atoms with Crippen LogP contribution in [0.15, 0.2) is 18.2 Å². The molecule has 1 aromatic rings. The fraction of sp³-hybridized carbons (Fsp3) is 0.647. The lowest BCUT2D eigenvalue weighted by Crippen LogP contribution is -2.26. The lowest BCUT2D eigenvalue weighted by atomic mass is 9.96. The van der Waals surface area contributed by atoms with Crippen molar-refractivity contribution in [2.24, 2.45) is 0 Å². The van der Waals surface area contributed by atoms with Crippen LogP contribution in [-0.4, -0.2) is 43.2 Å². The number of aliphatic hydroxyl groups excluding tert-OH is 1. The van der Waals surface area contributed by atoms with E-state index in [1.54, 1.807) is 0 Å². The number of rotatable bonds is 6. The molecule has 0 bridgehead atoms. The van der Waals surface area contributed by atoms with Crippen LogP contribution in [0.3, 0.4) is 0 Å². The van der Waals surface area contributed by atoms with Crippen LogP contribution in [0.4, 0.5) is 5.69 Å². The minimum atomic E-state index is -0.340. The number of hydrogen-bond donors (Lipinski definition) is 1. The number of aryl methyl sites for hydroxylation is 1. The predicted octanol–water partition coefficient (Wildman–Crippen LogP) is 2.83. The van der Waals surface area contributed by atoms with Crippen molar-refractivity contribution in [3.8, 4) is 0 Å². The molecule has 0 amide bonds. The fourth-order valence-electron chi connectivity index (χ4n) is 3.02. The minimum Gasteiger partial charge on any atom is -0.388 e. The smallest absolute Gasteiger partial charge is 0.0802 e. The molecule has 3 heteroatoms. The standard InChI is InChI=1S/C17H28N2O/c1-4-19(5-2)12-10-17(20)15-8-9-16-14(13-15)7-6-11-18(16)3/h8-9,13,17,20H,4-7,10-12H2,1-3H3. The van der Waals surface area contributed by atoms with E-state index >= 15 is 0 Å². The molecule has 0 radical (unpaired) electrons. The second-order valence-electron chi connectivity index (χ2n) is 5.74. The summed E-state index contributed by atoms with van der Waals surface area (Å²) in [6.07, 6.45) is 2.82. The third-order valence-corrected chi connectivity index (χ3v) is 4.45. The van der Waals surface area contributed by atoms with Gasteiger partial charge >= 0.3 is 0 Å². The molecule has 0 saturated carbocycles. The highest BCUT2D eigenvalue weighted by Crippen LogP contribution is 2.29.